The fourth-order valence-corrected chi connectivity index (χ4v) is 6.01. The number of piperazine rings is 1. The lowest BCUT2D eigenvalue weighted by Gasteiger charge is -2.34. The Labute approximate surface area is 196 Å². The number of nitrogens with zero attached hydrogens (tertiary/aromatic N) is 3. The lowest BCUT2D eigenvalue weighted by atomic mass is 10.2. The standard InChI is InChI=1S/C23H24FN3O4S2/c1-2-31-20-9-5-3-7-18(20)23-25-17(16-32-23)15-22(28)26-11-13-27(14-12-26)33(29,30)21-10-6-4-8-19(21)24/h3-10,16H,2,11-15H2,1H3. The molecule has 0 spiro atoms. The molecule has 0 bridgehead atoms. The number of benzene rings is 2. The van der Waals surface area contributed by atoms with Gasteiger partial charge in [-0.3, -0.25) is 4.79 Å². The number of halogens is 1. The van der Waals surface area contributed by atoms with Crippen LogP contribution in [0.1, 0.15) is 12.6 Å². The average molecular weight is 490 g/mol. The molecule has 3 aromatic rings. The van der Waals surface area contributed by atoms with Gasteiger partial charge >= 0.3 is 0 Å². The van der Waals surface area contributed by atoms with Crippen molar-refractivity contribution in [2.24, 2.45) is 0 Å². The minimum absolute atomic E-state index is 0.118. The number of hydrogen-bond acceptors (Lipinski definition) is 6. The van der Waals surface area contributed by atoms with Crippen molar-refractivity contribution in [3.8, 4) is 16.3 Å². The van der Waals surface area contributed by atoms with Gasteiger partial charge in [-0.2, -0.15) is 4.31 Å². The summed E-state index contributed by atoms with van der Waals surface area (Å²) < 4.78 is 46.4. The lowest BCUT2D eigenvalue weighted by Crippen LogP contribution is -2.51. The highest BCUT2D eigenvalue weighted by Crippen LogP contribution is 2.32. The molecule has 0 aliphatic carbocycles. The van der Waals surface area contributed by atoms with Crippen molar-refractivity contribution in [3.63, 3.8) is 0 Å². The Kier molecular flexibility index (Phi) is 7.06. The van der Waals surface area contributed by atoms with Crippen molar-refractivity contribution >= 4 is 27.3 Å². The van der Waals surface area contributed by atoms with Crippen LogP contribution in [0.25, 0.3) is 10.6 Å². The second-order valence-corrected chi connectivity index (χ2v) is 10.2. The van der Waals surface area contributed by atoms with E-state index in [1.165, 1.54) is 33.8 Å². The number of ether oxygens (including phenoxy) is 1. The van der Waals surface area contributed by atoms with Gasteiger partial charge in [0.2, 0.25) is 15.9 Å². The van der Waals surface area contributed by atoms with Gasteiger partial charge in [-0.05, 0) is 31.2 Å². The molecular formula is C23H24FN3O4S2. The maximum Gasteiger partial charge on any atom is 0.246 e. The van der Waals surface area contributed by atoms with E-state index >= 15 is 0 Å². The number of hydrogen-bond donors (Lipinski definition) is 0. The van der Waals surface area contributed by atoms with Crippen molar-refractivity contribution in [1.29, 1.82) is 0 Å². The van der Waals surface area contributed by atoms with Gasteiger partial charge in [-0.1, -0.05) is 24.3 Å². The average Bonchev–Trinajstić information content (AvgIpc) is 3.28. The summed E-state index contributed by atoms with van der Waals surface area (Å²) in [5.41, 5.74) is 1.54. The van der Waals surface area contributed by atoms with Crippen LogP contribution in [-0.2, 0) is 21.2 Å². The van der Waals surface area contributed by atoms with Crippen LogP contribution >= 0.6 is 11.3 Å². The van der Waals surface area contributed by atoms with Gasteiger partial charge in [0.25, 0.3) is 0 Å². The van der Waals surface area contributed by atoms with Crippen molar-refractivity contribution in [2.45, 2.75) is 18.2 Å². The van der Waals surface area contributed by atoms with E-state index in [1.54, 1.807) is 4.90 Å². The Morgan fingerprint density at radius 3 is 2.52 bits per heavy atom. The van der Waals surface area contributed by atoms with E-state index in [0.717, 1.165) is 22.4 Å². The molecule has 1 amide bonds. The molecule has 2 aromatic carbocycles. The van der Waals surface area contributed by atoms with Gasteiger partial charge in [-0.25, -0.2) is 17.8 Å². The number of amides is 1. The molecule has 0 atom stereocenters. The zero-order valence-corrected chi connectivity index (χ0v) is 19.7. The number of sulfonamides is 1. The summed E-state index contributed by atoms with van der Waals surface area (Å²) in [5.74, 6) is -0.145. The summed E-state index contributed by atoms with van der Waals surface area (Å²) in [5, 5.41) is 2.64. The third kappa shape index (κ3) is 5.07. The van der Waals surface area contributed by atoms with Gasteiger partial charge in [0.1, 0.15) is 21.5 Å². The van der Waals surface area contributed by atoms with Crippen LogP contribution in [0.4, 0.5) is 4.39 Å². The largest absolute Gasteiger partial charge is 0.493 e. The van der Waals surface area contributed by atoms with E-state index in [2.05, 4.69) is 4.98 Å². The summed E-state index contributed by atoms with van der Waals surface area (Å²) in [4.78, 5) is 18.7. The molecule has 7 nitrogen and oxygen atoms in total. The second kappa shape index (κ2) is 9.98. The predicted molar refractivity (Wildman–Crippen MR) is 124 cm³/mol. The molecule has 0 saturated carbocycles. The molecule has 1 saturated heterocycles. The van der Waals surface area contributed by atoms with E-state index in [9.17, 15) is 17.6 Å². The van der Waals surface area contributed by atoms with E-state index in [1.807, 2.05) is 36.6 Å². The zero-order chi connectivity index (χ0) is 23.4. The number of para-hydroxylation sites is 1. The highest BCUT2D eigenvalue weighted by Gasteiger charge is 2.31. The Morgan fingerprint density at radius 2 is 1.79 bits per heavy atom. The highest BCUT2D eigenvalue weighted by molar-refractivity contribution is 7.89. The number of aromatic nitrogens is 1. The smallest absolute Gasteiger partial charge is 0.246 e. The van der Waals surface area contributed by atoms with E-state index in [4.69, 9.17) is 4.74 Å². The number of rotatable bonds is 7. The van der Waals surface area contributed by atoms with Crippen LogP contribution in [0.2, 0.25) is 0 Å². The quantitative estimate of drug-likeness (QED) is 0.508. The molecule has 33 heavy (non-hydrogen) atoms. The van der Waals surface area contributed by atoms with Crippen LogP contribution in [-0.4, -0.2) is 61.3 Å². The minimum atomic E-state index is -3.94. The lowest BCUT2D eigenvalue weighted by molar-refractivity contribution is -0.131. The fraction of sp³-hybridized carbons (Fsp3) is 0.304. The van der Waals surface area contributed by atoms with E-state index in [0.29, 0.717) is 12.3 Å². The van der Waals surface area contributed by atoms with E-state index < -0.39 is 15.8 Å². The first kappa shape index (κ1) is 23.3. The maximum absolute atomic E-state index is 14.0. The maximum atomic E-state index is 14.0. The van der Waals surface area contributed by atoms with Crippen molar-refractivity contribution in [2.75, 3.05) is 32.8 Å². The van der Waals surface area contributed by atoms with Crippen molar-refractivity contribution < 1.29 is 22.3 Å². The predicted octanol–water partition coefficient (Wildman–Crippen LogP) is 3.42. The number of carbonyl (C=O) groups is 1. The van der Waals surface area contributed by atoms with Crippen LogP contribution < -0.4 is 4.74 Å². The molecule has 4 rings (SSSR count). The first-order chi connectivity index (χ1) is 15.9. The second-order valence-electron chi connectivity index (χ2n) is 7.47. The van der Waals surface area contributed by atoms with Crippen molar-refractivity contribution in [1.82, 2.24) is 14.2 Å². The van der Waals surface area contributed by atoms with Crippen LogP contribution in [0, 0.1) is 5.82 Å². The zero-order valence-electron chi connectivity index (χ0n) is 18.1. The normalized spacial score (nSPS) is 14.9. The molecule has 174 valence electrons. The first-order valence-electron chi connectivity index (χ1n) is 10.6. The van der Waals surface area contributed by atoms with Gasteiger partial charge < -0.3 is 9.64 Å². The molecule has 10 heteroatoms. The SMILES string of the molecule is CCOc1ccccc1-c1nc(CC(=O)N2CCN(S(=O)(=O)c3ccccc3F)CC2)cs1. The van der Waals surface area contributed by atoms with Gasteiger partial charge in [0.05, 0.1) is 24.3 Å². The molecule has 0 N–H and O–H groups in total. The van der Waals surface area contributed by atoms with Crippen LogP contribution in [0.3, 0.4) is 0 Å². The fourth-order valence-electron chi connectivity index (χ4n) is 3.67. The molecule has 1 fully saturated rings. The van der Waals surface area contributed by atoms with Gasteiger partial charge in [0.15, 0.2) is 0 Å². The molecular weight excluding hydrogens is 465 g/mol. The third-order valence-corrected chi connectivity index (χ3v) is 8.20. The van der Waals surface area contributed by atoms with Gasteiger partial charge in [0, 0.05) is 31.6 Å². The summed E-state index contributed by atoms with van der Waals surface area (Å²) >= 11 is 1.45. The topological polar surface area (TPSA) is 79.8 Å². The first-order valence-corrected chi connectivity index (χ1v) is 12.9. The monoisotopic (exact) mass is 489 g/mol. The molecule has 1 aromatic heterocycles. The molecule has 0 radical (unpaired) electrons. The van der Waals surface area contributed by atoms with Crippen LogP contribution in [0.5, 0.6) is 5.75 Å². The van der Waals surface area contributed by atoms with Crippen molar-refractivity contribution in [3.05, 3.63) is 65.4 Å². The van der Waals surface area contributed by atoms with Gasteiger partial charge in [-0.15, -0.1) is 11.3 Å². The minimum Gasteiger partial charge on any atom is -0.493 e. The molecule has 1 aliphatic rings. The Morgan fingerprint density at radius 1 is 1.09 bits per heavy atom. The molecule has 1 aliphatic heterocycles. The van der Waals surface area contributed by atoms with Crippen LogP contribution in [0.15, 0.2) is 58.8 Å². The molecule has 0 unspecified atom stereocenters. The Hall–Kier alpha value is -2.82. The highest BCUT2D eigenvalue weighted by atomic mass is 32.2. The molecule has 2 heterocycles. The number of carbonyl (C=O) groups excluding carboxylic acids is 1. The number of thiazole rings is 1. The summed E-state index contributed by atoms with van der Waals surface area (Å²) in [6, 6.07) is 13.0. The Bertz CT molecular complexity index is 1240. The summed E-state index contributed by atoms with van der Waals surface area (Å²) in [6.07, 6.45) is 0.132. The third-order valence-electron chi connectivity index (χ3n) is 5.35. The Balaban J connectivity index is 1.38. The van der Waals surface area contributed by atoms with E-state index in [-0.39, 0.29) is 43.4 Å². The summed E-state index contributed by atoms with van der Waals surface area (Å²) in [7, 11) is -3.94. The summed E-state index contributed by atoms with van der Waals surface area (Å²) in [6.45, 7) is 3.20.